The fourth-order valence-corrected chi connectivity index (χ4v) is 2.07. The molecule has 0 spiro atoms. The first kappa shape index (κ1) is 14.5. The fraction of sp³-hybridized carbons (Fsp3) is 0.400. The number of hydrogen-bond donors (Lipinski definition) is 1. The molecule has 0 saturated carbocycles. The molecule has 0 fully saturated rings. The molecule has 1 aromatic heterocycles. The quantitative estimate of drug-likeness (QED) is 0.911. The summed E-state index contributed by atoms with van der Waals surface area (Å²) in [5.41, 5.74) is 1.38. The van der Waals surface area contributed by atoms with Gasteiger partial charge in [-0.05, 0) is 32.9 Å². The Bertz CT molecular complexity index is 576. The topological polar surface area (TPSA) is 47.3 Å². The molecule has 0 aliphatic heterocycles. The standard InChI is InChI=1S/C15H19FN2O2/c1-9-11(3)20-14(18-9)8-17-10(2)15-12(16)6-5-7-13(15)19-4/h5-7,10,17H,8H2,1-4H3/t10-/m0/s1. The van der Waals surface area contributed by atoms with Crippen molar-refractivity contribution in [1.29, 1.82) is 0 Å². The van der Waals surface area contributed by atoms with Crippen molar-refractivity contribution in [2.45, 2.75) is 33.4 Å². The van der Waals surface area contributed by atoms with Crippen LogP contribution in [0.3, 0.4) is 0 Å². The summed E-state index contributed by atoms with van der Waals surface area (Å²) < 4.78 is 24.6. The minimum atomic E-state index is -0.288. The van der Waals surface area contributed by atoms with E-state index in [1.807, 2.05) is 20.8 Å². The van der Waals surface area contributed by atoms with Crippen LogP contribution in [0.2, 0.25) is 0 Å². The van der Waals surface area contributed by atoms with E-state index in [9.17, 15) is 4.39 Å². The van der Waals surface area contributed by atoms with Crippen molar-refractivity contribution in [3.63, 3.8) is 0 Å². The van der Waals surface area contributed by atoms with Gasteiger partial charge >= 0.3 is 0 Å². The van der Waals surface area contributed by atoms with Gasteiger partial charge in [-0.25, -0.2) is 9.37 Å². The molecule has 5 heteroatoms. The van der Waals surface area contributed by atoms with Crippen molar-refractivity contribution in [3.8, 4) is 5.75 Å². The molecular weight excluding hydrogens is 259 g/mol. The molecule has 0 aliphatic rings. The molecule has 4 nitrogen and oxygen atoms in total. The highest BCUT2D eigenvalue weighted by molar-refractivity contribution is 5.36. The molecule has 108 valence electrons. The second-order valence-corrected chi connectivity index (χ2v) is 4.71. The lowest BCUT2D eigenvalue weighted by atomic mass is 10.1. The van der Waals surface area contributed by atoms with Gasteiger partial charge in [0.05, 0.1) is 19.3 Å². The third-order valence-corrected chi connectivity index (χ3v) is 3.30. The van der Waals surface area contributed by atoms with E-state index in [-0.39, 0.29) is 11.9 Å². The van der Waals surface area contributed by atoms with Crippen LogP contribution in [0, 0.1) is 19.7 Å². The number of methoxy groups -OCH3 is 1. The molecule has 1 N–H and O–H groups in total. The monoisotopic (exact) mass is 278 g/mol. The molecule has 1 heterocycles. The van der Waals surface area contributed by atoms with Crippen LogP contribution in [0.1, 0.15) is 35.9 Å². The van der Waals surface area contributed by atoms with Crippen molar-refractivity contribution in [1.82, 2.24) is 10.3 Å². The molecule has 1 atom stereocenters. The average molecular weight is 278 g/mol. The van der Waals surface area contributed by atoms with Gasteiger partial charge in [-0.15, -0.1) is 0 Å². The molecule has 20 heavy (non-hydrogen) atoms. The number of oxazole rings is 1. The number of nitrogens with one attached hydrogen (secondary N) is 1. The van der Waals surface area contributed by atoms with E-state index in [0.29, 0.717) is 23.7 Å². The second kappa shape index (κ2) is 6.05. The molecule has 0 saturated heterocycles. The van der Waals surface area contributed by atoms with Crippen molar-refractivity contribution in [2.24, 2.45) is 0 Å². The number of aryl methyl sites for hydroxylation is 2. The van der Waals surface area contributed by atoms with Gasteiger partial charge in [0.1, 0.15) is 17.3 Å². The Labute approximate surface area is 118 Å². The van der Waals surface area contributed by atoms with Gasteiger partial charge in [0.2, 0.25) is 5.89 Å². The minimum absolute atomic E-state index is 0.210. The van der Waals surface area contributed by atoms with Gasteiger partial charge in [0.15, 0.2) is 0 Å². The normalized spacial score (nSPS) is 12.4. The van der Waals surface area contributed by atoms with E-state index in [1.165, 1.54) is 13.2 Å². The number of rotatable bonds is 5. The van der Waals surface area contributed by atoms with Crippen LogP contribution in [0.15, 0.2) is 22.6 Å². The third kappa shape index (κ3) is 2.99. The first-order valence-corrected chi connectivity index (χ1v) is 6.51. The molecular formula is C15H19FN2O2. The number of ether oxygens (including phenoxy) is 1. The lowest BCUT2D eigenvalue weighted by Gasteiger charge is -2.17. The second-order valence-electron chi connectivity index (χ2n) is 4.71. The average Bonchev–Trinajstić information content (AvgIpc) is 2.74. The highest BCUT2D eigenvalue weighted by Gasteiger charge is 2.17. The highest BCUT2D eigenvalue weighted by Crippen LogP contribution is 2.27. The van der Waals surface area contributed by atoms with E-state index in [0.717, 1.165) is 11.5 Å². The maximum Gasteiger partial charge on any atom is 0.208 e. The van der Waals surface area contributed by atoms with Crippen LogP contribution in [0.5, 0.6) is 5.75 Å². The Kier molecular flexibility index (Phi) is 4.39. The summed E-state index contributed by atoms with van der Waals surface area (Å²) in [5, 5.41) is 3.20. The zero-order valence-electron chi connectivity index (χ0n) is 12.2. The number of halogens is 1. The molecule has 0 amide bonds. The number of hydrogen-bond acceptors (Lipinski definition) is 4. The smallest absolute Gasteiger partial charge is 0.208 e. The Balaban J connectivity index is 2.10. The first-order chi connectivity index (χ1) is 9.52. The maximum absolute atomic E-state index is 13.9. The summed E-state index contributed by atoms with van der Waals surface area (Å²) in [5.74, 6) is 1.65. The van der Waals surface area contributed by atoms with E-state index < -0.39 is 0 Å². The third-order valence-electron chi connectivity index (χ3n) is 3.30. The largest absolute Gasteiger partial charge is 0.496 e. The van der Waals surface area contributed by atoms with Gasteiger partial charge in [-0.2, -0.15) is 0 Å². The molecule has 2 aromatic rings. The maximum atomic E-state index is 13.9. The van der Waals surface area contributed by atoms with E-state index in [4.69, 9.17) is 9.15 Å². The van der Waals surface area contributed by atoms with Gasteiger partial charge < -0.3 is 14.5 Å². The molecule has 0 bridgehead atoms. The van der Waals surface area contributed by atoms with E-state index >= 15 is 0 Å². The molecule has 1 aromatic carbocycles. The van der Waals surface area contributed by atoms with Crippen molar-refractivity contribution in [3.05, 3.63) is 46.9 Å². The predicted octanol–water partition coefficient (Wildman–Crippen LogP) is 3.29. The minimum Gasteiger partial charge on any atom is -0.496 e. The van der Waals surface area contributed by atoms with Crippen LogP contribution in [-0.2, 0) is 6.54 Å². The summed E-state index contributed by atoms with van der Waals surface area (Å²) in [6.07, 6.45) is 0. The van der Waals surface area contributed by atoms with Crippen molar-refractivity contribution < 1.29 is 13.5 Å². The van der Waals surface area contributed by atoms with Crippen LogP contribution in [0.4, 0.5) is 4.39 Å². The highest BCUT2D eigenvalue weighted by atomic mass is 19.1. The van der Waals surface area contributed by atoms with Crippen molar-refractivity contribution >= 4 is 0 Å². The van der Waals surface area contributed by atoms with Crippen LogP contribution in [-0.4, -0.2) is 12.1 Å². The van der Waals surface area contributed by atoms with Gasteiger partial charge in [-0.3, -0.25) is 0 Å². The van der Waals surface area contributed by atoms with Crippen LogP contribution >= 0.6 is 0 Å². The van der Waals surface area contributed by atoms with Gasteiger partial charge in [-0.1, -0.05) is 6.07 Å². The first-order valence-electron chi connectivity index (χ1n) is 6.51. The molecule has 2 rings (SSSR count). The van der Waals surface area contributed by atoms with E-state index in [1.54, 1.807) is 12.1 Å². The molecule has 0 radical (unpaired) electrons. The Hall–Kier alpha value is -1.88. The summed E-state index contributed by atoms with van der Waals surface area (Å²) in [6.45, 7) is 6.08. The van der Waals surface area contributed by atoms with Crippen LogP contribution in [0.25, 0.3) is 0 Å². The van der Waals surface area contributed by atoms with Gasteiger partial charge in [0.25, 0.3) is 0 Å². The Morgan fingerprint density at radius 2 is 2.15 bits per heavy atom. The lowest BCUT2D eigenvalue weighted by Crippen LogP contribution is -2.20. The SMILES string of the molecule is COc1cccc(F)c1[C@H](C)NCc1nc(C)c(C)o1. The predicted molar refractivity (Wildman–Crippen MR) is 74.2 cm³/mol. The number of benzene rings is 1. The Morgan fingerprint density at radius 3 is 2.75 bits per heavy atom. The zero-order chi connectivity index (χ0) is 14.7. The summed E-state index contributed by atoms with van der Waals surface area (Å²) >= 11 is 0. The fourth-order valence-electron chi connectivity index (χ4n) is 2.07. The number of nitrogens with zero attached hydrogens (tertiary/aromatic N) is 1. The van der Waals surface area contributed by atoms with Crippen LogP contribution < -0.4 is 10.1 Å². The summed E-state index contributed by atoms with van der Waals surface area (Å²) in [7, 11) is 1.53. The van der Waals surface area contributed by atoms with Crippen molar-refractivity contribution in [2.75, 3.05) is 7.11 Å². The van der Waals surface area contributed by atoms with E-state index in [2.05, 4.69) is 10.3 Å². The lowest BCUT2D eigenvalue weighted by molar-refractivity contribution is 0.386. The molecule has 0 aliphatic carbocycles. The molecule has 0 unspecified atom stereocenters. The summed E-state index contributed by atoms with van der Waals surface area (Å²) in [4.78, 5) is 4.29. The Morgan fingerprint density at radius 1 is 1.40 bits per heavy atom. The van der Waals surface area contributed by atoms with Gasteiger partial charge in [0, 0.05) is 11.6 Å². The number of aromatic nitrogens is 1. The summed E-state index contributed by atoms with van der Waals surface area (Å²) in [6, 6.07) is 4.59. The zero-order valence-corrected chi connectivity index (χ0v) is 12.2.